The summed E-state index contributed by atoms with van der Waals surface area (Å²) in [5, 5.41) is 11.3. The van der Waals surface area contributed by atoms with Gasteiger partial charge in [0, 0.05) is 34.9 Å². The van der Waals surface area contributed by atoms with Crippen molar-refractivity contribution in [3.63, 3.8) is 0 Å². The highest BCUT2D eigenvalue weighted by Crippen LogP contribution is 2.20. The molecule has 3 nitrogen and oxygen atoms in total. The maximum atomic E-state index is 6.04. The minimum absolute atomic E-state index is 0.685. The van der Waals surface area contributed by atoms with Gasteiger partial charge < -0.3 is 5.32 Å². The van der Waals surface area contributed by atoms with E-state index in [4.69, 9.17) is 23.2 Å². The van der Waals surface area contributed by atoms with Crippen LogP contribution in [0.4, 0.5) is 0 Å². The fraction of sp³-hybridized carbons (Fsp3) is 0.182. The van der Waals surface area contributed by atoms with Crippen LogP contribution in [-0.4, -0.2) is 10.2 Å². The summed E-state index contributed by atoms with van der Waals surface area (Å²) in [5.74, 6) is 0. The third kappa shape index (κ3) is 2.98. The Hall–Kier alpha value is -1.03. The maximum Gasteiger partial charge on any atom is 0.0532 e. The molecule has 84 valence electrons. The Labute approximate surface area is 104 Å². The molecule has 0 aliphatic carbocycles. The van der Waals surface area contributed by atoms with Gasteiger partial charge >= 0.3 is 0 Å². The zero-order valence-corrected chi connectivity index (χ0v) is 10.0. The molecular formula is C11H11Cl2N3. The average molecular weight is 256 g/mol. The lowest BCUT2D eigenvalue weighted by Gasteiger charge is -2.06. The van der Waals surface area contributed by atoms with E-state index in [2.05, 4.69) is 15.5 Å². The number of hydrogen-bond acceptors (Lipinski definition) is 2. The summed E-state index contributed by atoms with van der Waals surface area (Å²) in [5.41, 5.74) is 2.11. The van der Waals surface area contributed by atoms with Gasteiger partial charge in [0.25, 0.3) is 0 Å². The largest absolute Gasteiger partial charge is 0.308 e. The lowest BCUT2D eigenvalue weighted by molar-refractivity contribution is 0.694. The van der Waals surface area contributed by atoms with E-state index in [0.29, 0.717) is 11.6 Å². The van der Waals surface area contributed by atoms with E-state index >= 15 is 0 Å². The number of H-pyrrole nitrogens is 1. The van der Waals surface area contributed by atoms with Crippen LogP contribution in [0, 0.1) is 0 Å². The van der Waals surface area contributed by atoms with Gasteiger partial charge in [-0.2, -0.15) is 5.10 Å². The fourth-order valence-electron chi connectivity index (χ4n) is 1.39. The fourth-order valence-corrected chi connectivity index (χ4v) is 1.77. The highest BCUT2D eigenvalue weighted by atomic mass is 35.5. The van der Waals surface area contributed by atoms with Crippen LogP contribution in [0.25, 0.3) is 0 Å². The van der Waals surface area contributed by atoms with Crippen molar-refractivity contribution in [3.05, 3.63) is 51.8 Å². The first-order valence-electron chi connectivity index (χ1n) is 4.88. The molecule has 0 bridgehead atoms. The molecule has 0 fully saturated rings. The van der Waals surface area contributed by atoms with Gasteiger partial charge in [-0.05, 0) is 23.8 Å². The Balaban J connectivity index is 1.92. The Morgan fingerprint density at radius 2 is 2.12 bits per heavy atom. The molecule has 0 unspecified atom stereocenters. The molecule has 1 heterocycles. The minimum atomic E-state index is 0.685. The summed E-state index contributed by atoms with van der Waals surface area (Å²) in [6.45, 7) is 1.43. The molecule has 0 saturated carbocycles. The van der Waals surface area contributed by atoms with Crippen LogP contribution in [0.1, 0.15) is 11.1 Å². The monoisotopic (exact) mass is 255 g/mol. The number of nitrogens with one attached hydrogen (secondary N) is 2. The molecule has 0 radical (unpaired) electrons. The molecule has 1 aromatic carbocycles. The van der Waals surface area contributed by atoms with Gasteiger partial charge in [0.05, 0.1) is 6.20 Å². The Kier molecular flexibility index (Phi) is 3.83. The molecule has 5 heteroatoms. The highest BCUT2D eigenvalue weighted by molar-refractivity contribution is 6.33. The predicted octanol–water partition coefficient (Wildman–Crippen LogP) is 3.01. The highest BCUT2D eigenvalue weighted by Gasteiger charge is 2.01. The van der Waals surface area contributed by atoms with Crippen LogP contribution < -0.4 is 5.32 Å². The molecule has 16 heavy (non-hydrogen) atoms. The van der Waals surface area contributed by atoms with Crippen LogP contribution in [0.5, 0.6) is 0 Å². The first-order chi connectivity index (χ1) is 7.75. The summed E-state index contributed by atoms with van der Waals surface area (Å²) in [6, 6.07) is 5.45. The topological polar surface area (TPSA) is 40.7 Å². The number of halogens is 2. The zero-order chi connectivity index (χ0) is 11.4. The first kappa shape index (κ1) is 11.5. The molecule has 0 amide bonds. The van der Waals surface area contributed by atoms with Gasteiger partial charge in [0.1, 0.15) is 0 Å². The maximum absolute atomic E-state index is 6.04. The lowest BCUT2D eigenvalue weighted by Crippen LogP contribution is -2.12. The van der Waals surface area contributed by atoms with Crippen LogP contribution in [0.3, 0.4) is 0 Å². The van der Waals surface area contributed by atoms with Gasteiger partial charge in [-0.25, -0.2) is 0 Å². The molecule has 0 aliphatic heterocycles. The van der Waals surface area contributed by atoms with Crippen LogP contribution in [-0.2, 0) is 13.1 Å². The smallest absolute Gasteiger partial charge is 0.0532 e. The molecule has 0 spiro atoms. The quantitative estimate of drug-likeness (QED) is 0.882. The molecule has 2 aromatic rings. The number of nitrogens with zero attached hydrogens (tertiary/aromatic N) is 1. The van der Waals surface area contributed by atoms with E-state index in [-0.39, 0.29) is 0 Å². The summed E-state index contributed by atoms with van der Waals surface area (Å²) >= 11 is 11.9. The van der Waals surface area contributed by atoms with Gasteiger partial charge in [0.15, 0.2) is 0 Å². The Morgan fingerprint density at radius 3 is 2.88 bits per heavy atom. The van der Waals surface area contributed by atoms with Crippen LogP contribution in [0.15, 0.2) is 30.6 Å². The lowest BCUT2D eigenvalue weighted by atomic mass is 10.2. The second-order valence-electron chi connectivity index (χ2n) is 3.45. The zero-order valence-electron chi connectivity index (χ0n) is 8.50. The standard InChI is InChI=1S/C11H11Cl2N3/c12-10-1-2-11(13)9(3-10)7-14-4-8-5-15-16-6-8/h1-3,5-6,14H,4,7H2,(H,15,16). The number of aromatic amines is 1. The van der Waals surface area contributed by atoms with E-state index in [1.807, 2.05) is 12.3 Å². The average Bonchev–Trinajstić information content (AvgIpc) is 2.76. The number of rotatable bonds is 4. The van der Waals surface area contributed by atoms with Crippen LogP contribution >= 0.6 is 23.2 Å². The summed E-state index contributed by atoms with van der Waals surface area (Å²) in [7, 11) is 0. The molecule has 0 saturated heterocycles. The Morgan fingerprint density at radius 1 is 1.25 bits per heavy atom. The molecule has 0 atom stereocenters. The summed E-state index contributed by atoms with van der Waals surface area (Å²) < 4.78 is 0. The second-order valence-corrected chi connectivity index (χ2v) is 4.29. The summed E-state index contributed by atoms with van der Waals surface area (Å²) in [4.78, 5) is 0. The van der Waals surface area contributed by atoms with Crippen molar-refractivity contribution in [1.82, 2.24) is 15.5 Å². The molecule has 0 aliphatic rings. The van der Waals surface area contributed by atoms with Crippen molar-refractivity contribution in [3.8, 4) is 0 Å². The summed E-state index contributed by atoms with van der Waals surface area (Å²) in [6.07, 6.45) is 3.64. The SMILES string of the molecule is Clc1ccc(Cl)c(CNCc2cn[nH]c2)c1. The molecular weight excluding hydrogens is 245 g/mol. The van der Waals surface area contributed by atoms with Crippen molar-refractivity contribution in [2.45, 2.75) is 13.1 Å². The third-order valence-corrected chi connectivity index (χ3v) is 2.81. The number of hydrogen-bond donors (Lipinski definition) is 2. The van der Waals surface area contributed by atoms with Crippen molar-refractivity contribution in [1.29, 1.82) is 0 Å². The van der Waals surface area contributed by atoms with Gasteiger partial charge in [-0.3, -0.25) is 5.10 Å². The number of benzene rings is 1. The molecule has 1 aromatic heterocycles. The second kappa shape index (κ2) is 5.34. The van der Waals surface area contributed by atoms with Crippen molar-refractivity contribution >= 4 is 23.2 Å². The van der Waals surface area contributed by atoms with Gasteiger partial charge in [0.2, 0.25) is 0 Å². The van der Waals surface area contributed by atoms with Gasteiger partial charge in [-0.15, -0.1) is 0 Å². The number of aromatic nitrogens is 2. The first-order valence-corrected chi connectivity index (χ1v) is 5.63. The van der Waals surface area contributed by atoms with Crippen molar-refractivity contribution in [2.24, 2.45) is 0 Å². The van der Waals surface area contributed by atoms with Crippen molar-refractivity contribution in [2.75, 3.05) is 0 Å². The molecule has 2 rings (SSSR count). The normalized spacial score (nSPS) is 10.6. The predicted molar refractivity (Wildman–Crippen MR) is 65.6 cm³/mol. The van der Waals surface area contributed by atoms with E-state index in [1.54, 1.807) is 18.3 Å². The van der Waals surface area contributed by atoms with Crippen molar-refractivity contribution < 1.29 is 0 Å². The molecule has 2 N–H and O–H groups in total. The third-order valence-electron chi connectivity index (χ3n) is 2.21. The van der Waals surface area contributed by atoms with E-state index in [0.717, 1.165) is 22.7 Å². The van der Waals surface area contributed by atoms with E-state index in [1.165, 1.54) is 0 Å². The van der Waals surface area contributed by atoms with E-state index in [9.17, 15) is 0 Å². The Bertz CT molecular complexity index is 454. The minimum Gasteiger partial charge on any atom is -0.308 e. The van der Waals surface area contributed by atoms with Gasteiger partial charge in [-0.1, -0.05) is 23.2 Å². The van der Waals surface area contributed by atoms with Crippen LogP contribution in [0.2, 0.25) is 10.0 Å². The van der Waals surface area contributed by atoms with E-state index < -0.39 is 0 Å².